The van der Waals surface area contributed by atoms with Gasteiger partial charge in [-0.1, -0.05) is 0 Å². The molecule has 1 heterocycles. The van der Waals surface area contributed by atoms with E-state index in [2.05, 4.69) is 67.8 Å². The van der Waals surface area contributed by atoms with Crippen LogP contribution in [0, 0.1) is 10.7 Å². The van der Waals surface area contributed by atoms with Crippen molar-refractivity contribution < 1.29 is 14.6 Å². The maximum atomic E-state index is 11.0. The van der Waals surface area contributed by atoms with E-state index in [0.717, 1.165) is 16.5 Å². The first-order valence-corrected chi connectivity index (χ1v) is 9.17. The van der Waals surface area contributed by atoms with Gasteiger partial charge in [-0.2, -0.15) is 0 Å². The molecule has 100 valence electrons. The first kappa shape index (κ1) is 15.8. The van der Waals surface area contributed by atoms with Gasteiger partial charge in [0, 0.05) is 9.13 Å². The maximum absolute atomic E-state index is 11.0. The number of thiophene rings is 1. The lowest BCUT2D eigenvalue weighted by molar-refractivity contribution is 0.0699. The van der Waals surface area contributed by atoms with Crippen LogP contribution in [-0.2, 0) is 6.61 Å². The van der Waals surface area contributed by atoms with Crippen molar-refractivity contribution in [3.63, 3.8) is 0 Å². The van der Waals surface area contributed by atoms with Crippen molar-refractivity contribution in [3.8, 4) is 5.75 Å². The summed E-state index contributed by atoms with van der Waals surface area (Å²) in [6.45, 7) is 0.276. The molecule has 0 saturated heterocycles. The quantitative estimate of drug-likeness (QED) is 0.504. The van der Waals surface area contributed by atoms with Crippen LogP contribution < -0.4 is 4.74 Å². The molecule has 19 heavy (non-hydrogen) atoms. The Labute approximate surface area is 155 Å². The molecule has 0 bridgehead atoms. The molecule has 3 nitrogen and oxygen atoms in total. The molecule has 2 rings (SSSR count). The summed E-state index contributed by atoms with van der Waals surface area (Å²) in [4.78, 5) is 11.4. The van der Waals surface area contributed by atoms with E-state index in [4.69, 9.17) is 9.84 Å². The Hall–Kier alpha value is 0.380. The van der Waals surface area contributed by atoms with Crippen molar-refractivity contribution in [2.24, 2.45) is 0 Å². The molecule has 1 N–H and O–H groups in total. The number of rotatable bonds is 4. The monoisotopic (exact) mass is 612 g/mol. The average Bonchev–Trinajstić information content (AvgIpc) is 2.75. The second kappa shape index (κ2) is 6.89. The zero-order valence-electron chi connectivity index (χ0n) is 9.32. The summed E-state index contributed by atoms with van der Waals surface area (Å²) >= 11 is 7.93. The van der Waals surface area contributed by atoms with Crippen LogP contribution in [0.5, 0.6) is 5.75 Å². The highest BCUT2D eigenvalue weighted by atomic mass is 127. The highest BCUT2D eigenvalue weighted by molar-refractivity contribution is 14.1. The minimum Gasteiger partial charge on any atom is -0.487 e. The lowest BCUT2D eigenvalue weighted by atomic mass is 10.3. The van der Waals surface area contributed by atoms with Gasteiger partial charge in [-0.05, 0) is 91.4 Å². The van der Waals surface area contributed by atoms with Gasteiger partial charge in [-0.25, -0.2) is 4.79 Å². The van der Waals surface area contributed by atoms with Gasteiger partial charge < -0.3 is 9.84 Å². The van der Waals surface area contributed by atoms with Gasteiger partial charge in [0.2, 0.25) is 0 Å². The second-order valence-electron chi connectivity index (χ2n) is 3.57. The molecule has 0 amide bonds. The lowest BCUT2D eigenvalue weighted by Gasteiger charge is -2.10. The Morgan fingerprint density at radius 1 is 1.26 bits per heavy atom. The number of carbonyl (C=O) groups is 1. The minimum atomic E-state index is -0.902. The van der Waals surface area contributed by atoms with Crippen LogP contribution >= 0.6 is 79.1 Å². The van der Waals surface area contributed by atoms with Crippen LogP contribution in [0.1, 0.15) is 15.2 Å². The fourth-order valence-corrected chi connectivity index (χ4v) is 6.10. The third-order valence-electron chi connectivity index (χ3n) is 2.28. The summed E-state index contributed by atoms with van der Waals surface area (Å²) in [6.07, 6.45) is 0. The summed E-state index contributed by atoms with van der Waals surface area (Å²) in [6, 6.07) is 5.86. The van der Waals surface area contributed by atoms with Crippen molar-refractivity contribution in [1.29, 1.82) is 0 Å². The maximum Gasteiger partial charge on any atom is 0.346 e. The van der Waals surface area contributed by atoms with Crippen LogP contribution in [0.25, 0.3) is 0 Å². The van der Waals surface area contributed by atoms with Crippen LogP contribution in [0.15, 0.2) is 23.6 Å². The van der Waals surface area contributed by atoms with E-state index in [1.165, 1.54) is 11.3 Å². The van der Waals surface area contributed by atoms with Gasteiger partial charge in [0.15, 0.2) is 0 Å². The normalized spacial score (nSPS) is 10.5. The molecule has 7 heteroatoms. The molecule has 0 atom stereocenters. The molecule has 0 aliphatic heterocycles. The number of halogens is 3. The Morgan fingerprint density at radius 3 is 2.47 bits per heavy atom. The zero-order valence-corrected chi connectivity index (χ0v) is 16.6. The van der Waals surface area contributed by atoms with E-state index >= 15 is 0 Å². The van der Waals surface area contributed by atoms with Crippen molar-refractivity contribution in [2.75, 3.05) is 0 Å². The van der Waals surface area contributed by atoms with Gasteiger partial charge in [-0.15, -0.1) is 11.3 Å². The Morgan fingerprint density at radius 2 is 1.89 bits per heavy atom. The van der Waals surface area contributed by atoms with E-state index < -0.39 is 5.97 Å². The summed E-state index contributed by atoms with van der Waals surface area (Å²) in [7, 11) is 0. The molecule has 1 aromatic heterocycles. The first-order valence-electron chi connectivity index (χ1n) is 5.06. The van der Waals surface area contributed by atoms with Gasteiger partial charge in [-0.3, -0.25) is 0 Å². The molecule has 0 radical (unpaired) electrons. The van der Waals surface area contributed by atoms with Crippen LogP contribution in [0.3, 0.4) is 0 Å². The fraction of sp³-hybridized carbons (Fsp3) is 0.0833. The van der Waals surface area contributed by atoms with Gasteiger partial charge in [0.25, 0.3) is 0 Å². The predicted octanol–water partition coefficient (Wildman–Crippen LogP) is 4.84. The molecule has 0 aliphatic rings. The average molecular weight is 612 g/mol. The zero-order chi connectivity index (χ0) is 14.0. The Bertz CT molecular complexity index is 601. The predicted molar refractivity (Wildman–Crippen MR) is 100 cm³/mol. The van der Waals surface area contributed by atoms with Crippen LogP contribution in [-0.4, -0.2) is 11.1 Å². The second-order valence-corrected chi connectivity index (χ2v) is 8.05. The molecular formula is C12H7I3O3S. The third kappa shape index (κ3) is 3.94. The number of aromatic carboxylic acids is 1. The van der Waals surface area contributed by atoms with E-state index in [0.29, 0.717) is 10.4 Å². The largest absolute Gasteiger partial charge is 0.487 e. The number of carboxylic acids is 1. The van der Waals surface area contributed by atoms with Crippen molar-refractivity contribution in [1.82, 2.24) is 0 Å². The minimum absolute atomic E-state index is 0.276. The number of benzene rings is 1. The third-order valence-corrected chi connectivity index (χ3v) is 5.45. The lowest BCUT2D eigenvalue weighted by Crippen LogP contribution is -2.03. The van der Waals surface area contributed by atoms with Crippen LogP contribution in [0.4, 0.5) is 0 Å². The molecule has 0 aliphatic carbocycles. The number of carboxylic acid groups (broad SMARTS) is 1. The van der Waals surface area contributed by atoms with Gasteiger partial charge >= 0.3 is 5.97 Å². The van der Waals surface area contributed by atoms with E-state index in [9.17, 15) is 4.79 Å². The molecule has 0 saturated carbocycles. The SMILES string of the molecule is O=C(O)c1sccc1COc1c(I)cc(I)cc1I. The molecular weight excluding hydrogens is 605 g/mol. The van der Waals surface area contributed by atoms with E-state index in [1.54, 1.807) is 11.4 Å². The van der Waals surface area contributed by atoms with Crippen molar-refractivity contribution in [2.45, 2.75) is 6.61 Å². The number of ether oxygens (including phenoxy) is 1. The molecule has 0 spiro atoms. The smallest absolute Gasteiger partial charge is 0.346 e. The molecule has 2 aromatic rings. The van der Waals surface area contributed by atoms with Gasteiger partial charge in [0.1, 0.15) is 17.2 Å². The summed E-state index contributed by atoms with van der Waals surface area (Å²) < 4.78 is 8.99. The topological polar surface area (TPSA) is 46.5 Å². The Balaban J connectivity index is 2.19. The van der Waals surface area contributed by atoms with E-state index in [-0.39, 0.29) is 6.61 Å². The Kier molecular flexibility index (Phi) is 5.72. The van der Waals surface area contributed by atoms with E-state index in [1.807, 2.05) is 12.1 Å². The highest BCUT2D eigenvalue weighted by Gasteiger charge is 2.14. The molecule has 1 aromatic carbocycles. The highest BCUT2D eigenvalue weighted by Crippen LogP contribution is 2.30. The summed E-state index contributed by atoms with van der Waals surface area (Å²) in [5, 5.41) is 10.8. The molecule has 0 fully saturated rings. The van der Waals surface area contributed by atoms with Crippen molar-refractivity contribution in [3.05, 3.63) is 44.7 Å². The van der Waals surface area contributed by atoms with Crippen LogP contribution in [0.2, 0.25) is 0 Å². The van der Waals surface area contributed by atoms with Gasteiger partial charge in [0.05, 0.1) is 7.14 Å². The molecule has 0 unspecified atom stereocenters. The number of hydrogen-bond donors (Lipinski definition) is 1. The first-order chi connectivity index (χ1) is 8.99. The summed E-state index contributed by atoms with van der Waals surface area (Å²) in [5.41, 5.74) is 0.711. The standard InChI is InChI=1S/C12H7I3O3S/c13-7-3-8(14)10(9(15)4-7)18-5-6-1-2-19-11(6)12(16)17/h1-4H,5H2,(H,16,17). The fourth-order valence-electron chi connectivity index (χ4n) is 1.45. The number of hydrogen-bond acceptors (Lipinski definition) is 3. The van der Waals surface area contributed by atoms with Crippen molar-refractivity contribution >= 4 is 85.1 Å². The summed E-state index contributed by atoms with van der Waals surface area (Å²) in [5.74, 6) is -0.0928.